The first-order valence-corrected chi connectivity index (χ1v) is 9.07. The van der Waals surface area contributed by atoms with Crippen LogP contribution >= 0.6 is 0 Å². The quantitative estimate of drug-likeness (QED) is 0.778. The van der Waals surface area contributed by atoms with Gasteiger partial charge in [0, 0.05) is 24.1 Å². The van der Waals surface area contributed by atoms with Crippen molar-refractivity contribution in [2.45, 2.75) is 18.9 Å². The van der Waals surface area contributed by atoms with Crippen LogP contribution in [0.2, 0.25) is 0 Å². The van der Waals surface area contributed by atoms with Crippen LogP contribution in [0.1, 0.15) is 29.0 Å². The molecule has 0 fully saturated rings. The second-order valence-electron chi connectivity index (χ2n) is 6.82. The van der Waals surface area contributed by atoms with Gasteiger partial charge in [-0.3, -0.25) is 9.48 Å². The Labute approximate surface area is 156 Å². The van der Waals surface area contributed by atoms with Crippen LogP contribution in [-0.4, -0.2) is 28.9 Å². The van der Waals surface area contributed by atoms with Crippen LogP contribution in [0.25, 0.3) is 0 Å². The molecule has 1 amide bonds. The number of anilines is 1. The summed E-state index contributed by atoms with van der Waals surface area (Å²) in [5.41, 5.74) is 3.23. The minimum Gasteiger partial charge on any atom is -0.486 e. The number of nitrogens with one attached hydrogen (secondary N) is 1. The molecule has 3 aromatic rings. The van der Waals surface area contributed by atoms with Crippen LogP contribution in [0.4, 0.5) is 5.82 Å². The van der Waals surface area contributed by atoms with Gasteiger partial charge in [-0.1, -0.05) is 36.4 Å². The lowest BCUT2D eigenvalue weighted by Gasteiger charge is -2.24. The highest BCUT2D eigenvalue weighted by Gasteiger charge is 2.30. The summed E-state index contributed by atoms with van der Waals surface area (Å²) < 4.78 is 13.2. The lowest BCUT2D eigenvalue weighted by Crippen LogP contribution is -2.23. The van der Waals surface area contributed by atoms with Crippen LogP contribution < -0.4 is 14.8 Å². The first kappa shape index (κ1) is 15.9. The van der Waals surface area contributed by atoms with Crippen molar-refractivity contribution in [2.75, 3.05) is 18.5 Å². The molecule has 0 spiro atoms. The van der Waals surface area contributed by atoms with Gasteiger partial charge in [-0.15, -0.1) is 0 Å². The van der Waals surface area contributed by atoms with Crippen LogP contribution in [0.15, 0.2) is 54.7 Å². The van der Waals surface area contributed by atoms with Crippen molar-refractivity contribution < 1.29 is 14.3 Å². The van der Waals surface area contributed by atoms with Gasteiger partial charge < -0.3 is 14.8 Å². The lowest BCUT2D eigenvalue weighted by atomic mass is 9.87. The highest BCUT2D eigenvalue weighted by molar-refractivity contribution is 5.94. The predicted molar refractivity (Wildman–Crippen MR) is 100 cm³/mol. The second kappa shape index (κ2) is 6.46. The fourth-order valence-electron chi connectivity index (χ4n) is 3.69. The highest BCUT2D eigenvalue weighted by Crippen LogP contribution is 2.40. The van der Waals surface area contributed by atoms with Gasteiger partial charge in [-0.25, -0.2) is 0 Å². The Kier molecular flexibility index (Phi) is 3.81. The summed E-state index contributed by atoms with van der Waals surface area (Å²) in [4.78, 5) is 12.2. The van der Waals surface area contributed by atoms with Gasteiger partial charge in [0.1, 0.15) is 13.2 Å². The summed E-state index contributed by atoms with van der Waals surface area (Å²) in [5.74, 6) is 2.07. The van der Waals surface area contributed by atoms with E-state index in [9.17, 15) is 4.79 Å². The molecule has 0 radical (unpaired) electrons. The summed E-state index contributed by atoms with van der Waals surface area (Å²) in [6.45, 7) is 1.77. The number of carbonyl (C=O) groups is 1. The van der Waals surface area contributed by atoms with Crippen molar-refractivity contribution in [3.8, 4) is 11.5 Å². The first-order chi connectivity index (χ1) is 13.3. The molecule has 1 unspecified atom stereocenters. The molecule has 0 saturated carbocycles. The molecular formula is C21H19N3O3. The Bertz CT molecular complexity index is 997. The predicted octanol–water partition coefficient (Wildman–Crippen LogP) is 3.18. The summed E-state index contributed by atoms with van der Waals surface area (Å²) in [5, 5.41) is 7.49. The van der Waals surface area contributed by atoms with Gasteiger partial charge in [0.25, 0.3) is 0 Å². The van der Waals surface area contributed by atoms with Gasteiger partial charge in [0.2, 0.25) is 5.91 Å². The number of amides is 1. The zero-order valence-corrected chi connectivity index (χ0v) is 14.7. The fourth-order valence-corrected chi connectivity index (χ4v) is 3.69. The summed E-state index contributed by atoms with van der Waals surface area (Å²) in [6, 6.07) is 16.1. The van der Waals surface area contributed by atoms with Crippen molar-refractivity contribution in [1.82, 2.24) is 9.78 Å². The number of aromatic nitrogens is 2. The average molecular weight is 361 g/mol. The van der Waals surface area contributed by atoms with E-state index in [-0.39, 0.29) is 11.8 Å². The van der Waals surface area contributed by atoms with Crippen molar-refractivity contribution in [3.05, 3.63) is 71.4 Å². The number of nitrogens with zero attached hydrogens (tertiary/aromatic N) is 2. The van der Waals surface area contributed by atoms with Crippen molar-refractivity contribution in [3.63, 3.8) is 0 Å². The van der Waals surface area contributed by atoms with E-state index in [4.69, 9.17) is 9.47 Å². The third-order valence-electron chi connectivity index (χ3n) is 4.97. The van der Waals surface area contributed by atoms with Crippen LogP contribution in [-0.2, 0) is 11.3 Å². The third-order valence-corrected chi connectivity index (χ3v) is 4.97. The molecule has 136 valence electrons. The van der Waals surface area contributed by atoms with Crippen LogP contribution in [0, 0.1) is 0 Å². The molecule has 2 aliphatic rings. The standard InChI is InChI=1S/C21H19N3O3/c25-20-11-16(15-6-7-18-19(10-15)27-9-8-26-18)17-13-24(23-21(17)22-20)12-14-4-2-1-3-5-14/h1-7,10,13,16H,8-9,11-12H2,(H,22,23,25). The lowest BCUT2D eigenvalue weighted by molar-refractivity contribution is -0.116. The molecule has 0 aliphatic carbocycles. The Morgan fingerprint density at radius 2 is 1.89 bits per heavy atom. The van der Waals surface area contributed by atoms with E-state index in [1.807, 2.05) is 47.3 Å². The van der Waals surface area contributed by atoms with E-state index in [1.165, 1.54) is 5.56 Å². The van der Waals surface area contributed by atoms with Gasteiger partial charge >= 0.3 is 0 Å². The second-order valence-corrected chi connectivity index (χ2v) is 6.82. The van der Waals surface area contributed by atoms with Crippen LogP contribution in [0.5, 0.6) is 11.5 Å². The molecular weight excluding hydrogens is 342 g/mol. The number of ether oxygens (including phenoxy) is 2. The molecule has 1 atom stereocenters. The van der Waals surface area contributed by atoms with E-state index >= 15 is 0 Å². The van der Waals surface area contributed by atoms with Gasteiger partial charge in [-0.05, 0) is 23.3 Å². The average Bonchev–Trinajstić information content (AvgIpc) is 3.09. The molecule has 3 heterocycles. The minimum absolute atomic E-state index is 0.0210. The van der Waals surface area contributed by atoms with E-state index in [1.54, 1.807) is 0 Å². The van der Waals surface area contributed by atoms with Gasteiger partial charge in [0.05, 0.1) is 6.54 Å². The molecule has 6 heteroatoms. The topological polar surface area (TPSA) is 65.4 Å². The first-order valence-electron chi connectivity index (χ1n) is 9.07. The number of hydrogen-bond donors (Lipinski definition) is 1. The zero-order valence-electron chi connectivity index (χ0n) is 14.7. The molecule has 6 nitrogen and oxygen atoms in total. The third kappa shape index (κ3) is 3.03. The summed E-state index contributed by atoms with van der Waals surface area (Å²) >= 11 is 0. The van der Waals surface area contributed by atoms with E-state index in [0.717, 1.165) is 22.6 Å². The summed E-state index contributed by atoms with van der Waals surface area (Å²) in [6.07, 6.45) is 2.42. The maximum absolute atomic E-state index is 12.2. The van der Waals surface area contributed by atoms with Crippen LogP contribution in [0.3, 0.4) is 0 Å². The normalized spacial score (nSPS) is 17.9. The van der Waals surface area contributed by atoms with E-state index in [2.05, 4.69) is 22.5 Å². The van der Waals surface area contributed by atoms with E-state index in [0.29, 0.717) is 32.0 Å². The minimum atomic E-state index is -0.0471. The Hall–Kier alpha value is -3.28. The number of hydrogen-bond acceptors (Lipinski definition) is 4. The molecule has 1 N–H and O–H groups in total. The Morgan fingerprint density at radius 3 is 2.74 bits per heavy atom. The number of benzene rings is 2. The highest BCUT2D eigenvalue weighted by atomic mass is 16.6. The van der Waals surface area contributed by atoms with Crippen molar-refractivity contribution in [2.24, 2.45) is 0 Å². The fraction of sp³-hybridized carbons (Fsp3) is 0.238. The van der Waals surface area contributed by atoms with Gasteiger partial charge in [0.15, 0.2) is 17.3 Å². The van der Waals surface area contributed by atoms with Crippen molar-refractivity contribution >= 4 is 11.7 Å². The monoisotopic (exact) mass is 361 g/mol. The SMILES string of the molecule is O=C1CC(c2ccc3c(c2)OCCO3)c2cn(Cc3ccccc3)nc2N1. The van der Waals surface area contributed by atoms with Gasteiger partial charge in [-0.2, -0.15) is 5.10 Å². The molecule has 2 aromatic carbocycles. The molecule has 2 aliphatic heterocycles. The van der Waals surface area contributed by atoms with Crippen molar-refractivity contribution in [1.29, 1.82) is 0 Å². The van der Waals surface area contributed by atoms with E-state index < -0.39 is 0 Å². The zero-order chi connectivity index (χ0) is 18.2. The molecule has 0 bridgehead atoms. The number of carbonyl (C=O) groups excluding carboxylic acids is 1. The molecule has 27 heavy (non-hydrogen) atoms. The largest absolute Gasteiger partial charge is 0.486 e. The number of rotatable bonds is 3. The number of fused-ring (bicyclic) bond motifs is 2. The smallest absolute Gasteiger partial charge is 0.226 e. The maximum atomic E-state index is 12.2. The molecule has 1 aromatic heterocycles. The maximum Gasteiger partial charge on any atom is 0.226 e. The molecule has 0 saturated heterocycles. The summed E-state index contributed by atoms with van der Waals surface area (Å²) in [7, 11) is 0. The Balaban J connectivity index is 1.49. The molecule has 5 rings (SSSR count). The Morgan fingerprint density at radius 1 is 1.07 bits per heavy atom.